The molecule has 1 aliphatic heterocycles. The molecule has 0 aromatic carbocycles. The van der Waals surface area contributed by atoms with Crippen LogP contribution in [-0.2, 0) is 19.1 Å². The van der Waals surface area contributed by atoms with Crippen LogP contribution in [0, 0.1) is 0 Å². The molecule has 0 unspecified atom stereocenters. The van der Waals surface area contributed by atoms with Gasteiger partial charge in [-0.1, -0.05) is 0 Å². The Kier molecular flexibility index (Phi) is 5.04. The van der Waals surface area contributed by atoms with Gasteiger partial charge in [0.1, 0.15) is 17.8 Å². The zero-order chi connectivity index (χ0) is 17.6. The van der Waals surface area contributed by atoms with Gasteiger partial charge in [0.25, 0.3) is 17.9 Å². The Morgan fingerprint density at radius 2 is 2.12 bits per heavy atom. The minimum absolute atomic E-state index is 0.0195. The summed E-state index contributed by atoms with van der Waals surface area (Å²) in [7, 11) is 0. The number of anilines is 2. The summed E-state index contributed by atoms with van der Waals surface area (Å²) in [5.41, 5.74) is -0.475. The largest absolute Gasteiger partial charge is 0.458 e. The normalized spacial score (nSPS) is 14.2. The molecule has 1 amide bonds. The third-order valence-corrected chi connectivity index (χ3v) is 3.53. The van der Waals surface area contributed by atoms with Crippen LogP contribution in [0.3, 0.4) is 0 Å². The maximum absolute atomic E-state index is 12.4. The van der Waals surface area contributed by atoms with E-state index in [2.05, 4.69) is 25.1 Å². The summed E-state index contributed by atoms with van der Waals surface area (Å²) in [4.78, 5) is 44.3. The minimum Gasteiger partial charge on any atom is -0.458 e. The van der Waals surface area contributed by atoms with Gasteiger partial charge in [-0.3, -0.25) is 19.5 Å². The summed E-state index contributed by atoms with van der Waals surface area (Å²) in [5, 5.41) is 5.08. The highest BCUT2D eigenvalue weighted by Gasteiger charge is 2.16. The highest BCUT2D eigenvalue weighted by atomic mass is 16.5. The number of nitrogens with one attached hydrogen (secondary N) is 2. The van der Waals surface area contributed by atoms with Crippen molar-refractivity contribution in [2.75, 3.05) is 43.1 Å². The standard InChI is InChI=1S/C14H16N6O5/c21-9-25-7-13(22)18-10-6-17-20(14(10)23)12-5-11(15-8-16-12)19-1-3-24-4-2-19/h5-6,8-9,17H,1-4,7H2,(H,18,22). The number of aromatic amines is 1. The molecule has 0 atom stereocenters. The fourth-order valence-electron chi connectivity index (χ4n) is 2.35. The van der Waals surface area contributed by atoms with E-state index in [-0.39, 0.29) is 12.2 Å². The van der Waals surface area contributed by atoms with E-state index < -0.39 is 18.1 Å². The molecule has 132 valence electrons. The summed E-state index contributed by atoms with van der Waals surface area (Å²) in [5.74, 6) is 0.401. The van der Waals surface area contributed by atoms with Gasteiger partial charge in [0.05, 0.1) is 13.2 Å². The molecule has 0 bridgehead atoms. The molecule has 2 aromatic rings. The van der Waals surface area contributed by atoms with Crippen LogP contribution in [0.2, 0.25) is 0 Å². The first-order valence-electron chi connectivity index (χ1n) is 7.49. The second-order valence-electron chi connectivity index (χ2n) is 5.12. The molecule has 0 saturated carbocycles. The van der Waals surface area contributed by atoms with E-state index in [9.17, 15) is 14.4 Å². The van der Waals surface area contributed by atoms with Crippen molar-refractivity contribution < 1.29 is 19.1 Å². The van der Waals surface area contributed by atoms with Crippen LogP contribution in [0.15, 0.2) is 23.4 Å². The Labute approximate surface area is 141 Å². The highest BCUT2D eigenvalue weighted by molar-refractivity contribution is 5.91. The molecule has 1 fully saturated rings. The Morgan fingerprint density at radius 1 is 1.36 bits per heavy atom. The number of carbonyl (C=O) groups is 2. The predicted molar refractivity (Wildman–Crippen MR) is 85.7 cm³/mol. The van der Waals surface area contributed by atoms with Gasteiger partial charge in [-0.15, -0.1) is 0 Å². The number of amides is 1. The molecule has 0 aliphatic carbocycles. The van der Waals surface area contributed by atoms with E-state index >= 15 is 0 Å². The molecule has 2 N–H and O–H groups in total. The molecule has 11 heteroatoms. The number of hydrogen-bond acceptors (Lipinski definition) is 8. The van der Waals surface area contributed by atoms with E-state index in [1.165, 1.54) is 17.2 Å². The van der Waals surface area contributed by atoms with Gasteiger partial charge in [-0.2, -0.15) is 4.68 Å². The van der Waals surface area contributed by atoms with E-state index in [0.717, 1.165) is 0 Å². The monoisotopic (exact) mass is 348 g/mol. The quantitative estimate of drug-likeness (QED) is 0.629. The lowest BCUT2D eigenvalue weighted by Crippen LogP contribution is -2.37. The first kappa shape index (κ1) is 16.6. The fraction of sp³-hybridized carbons (Fsp3) is 0.357. The van der Waals surface area contributed by atoms with E-state index in [1.807, 2.05) is 4.90 Å². The van der Waals surface area contributed by atoms with E-state index in [1.54, 1.807) is 6.07 Å². The van der Waals surface area contributed by atoms with Crippen molar-refractivity contribution in [1.29, 1.82) is 0 Å². The van der Waals surface area contributed by atoms with Crippen LogP contribution in [0.25, 0.3) is 5.82 Å². The molecule has 0 spiro atoms. The van der Waals surface area contributed by atoms with Crippen molar-refractivity contribution in [2.24, 2.45) is 0 Å². The Hall–Kier alpha value is -3.21. The second-order valence-corrected chi connectivity index (χ2v) is 5.12. The molecule has 3 heterocycles. The highest BCUT2D eigenvalue weighted by Crippen LogP contribution is 2.14. The first-order valence-corrected chi connectivity index (χ1v) is 7.49. The summed E-state index contributed by atoms with van der Waals surface area (Å²) < 4.78 is 10.8. The zero-order valence-corrected chi connectivity index (χ0v) is 13.2. The fourth-order valence-corrected chi connectivity index (χ4v) is 2.35. The van der Waals surface area contributed by atoms with Crippen molar-refractivity contribution in [2.45, 2.75) is 0 Å². The van der Waals surface area contributed by atoms with Crippen LogP contribution in [0.4, 0.5) is 11.5 Å². The third-order valence-electron chi connectivity index (χ3n) is 3.53. The summed E-state index contributed by atoms with van der Waals surface area (Å²) in [6, 6.07) is 1.67. The molecule has 2 aromatic heterocycles. The van der Waals surface area contributed by atoms with Crippen molar-refractivity contribution in [3.8, 4) is 5.82 Å². The van der Waals surface area contributed by atoms with Crippen molar-refractivity contribution >= 4 is 23.9 Å². The molecule has 25 heavy (non-hydrogen) atoms. The van der Waals surface area contributed by atoms with E-state index in [4.69, 9.17) is 4.74 Å². The average Bonchev–Trinajstić information content (AvgIpc) is 3.01. The molecular formula is C14H16N6O5. The lowest BCUT2D eigenvalue weighted by atomic mass is 10.4. The number of rotatable bonds is 6. The molecule has 1 aliphatic rings. The Morgan fingerprint density at radius 3 is 2.88 bits per heavy atom. The number of aromatic nitrogens is 4. The SMILES string of the molecule is O=COCC(=O)Nc1c[nH]n(-c2cc(N3CCOCC3)ncn2)c1=O. The van der Waals surface area contributed by atoms with Gasteiger partial charge < -0.3 is 19.7 Å². The van der Waals surface area contributed by atoms with Gasteiger partial charge in [-0.25, -0.2) is 9.97 Å². The van der Waals surface area contributed by atoms with Crippen molar-refractivity contribution in [1.82, 2.24) is 19.7 Å². The van der Waals surface area contributed by atoms with Crippen LogP contribution in [0.1, 0.15) is 0 Å². The second kappa shape index (κ2) is 7.57. The number of nitrogens with zero attached hydrogens (tertiary/aromatic N) is 4. The summed E-state index contributed by atoms with van der Waals surface area (Å²) >= 11 is 0. The molecule has 3 rings (SSSR count). The molecule has 1 saturated heterocycles. The van der Waals surface area contributed by atoms with Gasteiger partial charge in [0.15, 0.2) is 12.4 Å². The van der Waals surface area contributed by atoms with Crippen LogP contribution >= 0.6 is 0 Å². The van der Waals surface area contributed by atoms with Gasteiger partial charge >= 0.3 is 0 Å². The zero-order valence-electron chi connectivity index (χ0n) is 13.2. The first-order chi connectivity index (χ1) is 12.2. The van der Waals surface area contributed by atoms with Crippen molar-refractivity contribution in [3.63, 3.8) is 0 Å². The van der Waals surface area contributed by atoms with Crippen LogP contribution in [-0.4, -0.2) is 65.0 Å². The number of H-pyrrole nitrogens is 1. The maximum Gasteiger partial charge on any atom is 0.296 e. The average molecular weight is 348 g/mol. The van der Waals surface area contributed by atoms with Crippen LogP contribution in [0.5, 0.6) is 0 Å². The lowest BCUT2D eigenvalue weighted by molar-refractivity contribution is -0.135. The van der Waals surface area contributed by atoms with Crippen molar-refractivity contribution in [3.05, 3.63) is 28.9 Å². The van der Waals surface area contributed by atoms with Crippen LogP contribution < -0.4 is 15.8 Å². The predicted octanol–water partition coefficient (Wildman–Crippen LogP) is -1.10. The maximum atomic E-state index is 12.4. The van der Waals surface area contributed by atoms with Gasteiger partial charge in [0.2, 0.25) is 0 Å². The van der Waals surface area contributed by atoms with E-state index in [0.29, 0.717) is 37.9 Å². The number of morpholine rings is 1. The summed E-state index contributed by atoms with van der Waals surface area (Å²) in [6.45, 7) is 2.32. The molecule has 11 nitrogen and oxygen atoms in total. The lowest BCUT2D eigenvalue weighted by Gasteiger charge is -2.27. The number of ether oxygens (including phenoxy) is 2. The molecule has 0 radical (unpaired) electrons. The smallest absolute Gasteiger partial charge is 0.296 e. The third kappa shape index (κ3) is 3.83. The Bertz CT molecular complexity index is 810. The Balaban J connectivity index is 1.79. The summed E-state index contributed by atoms with van der Waals surface area (Å²) in [6.07, 6.45) is 2.70. The topological polar surface area (TPSA) is 131 Å². The number of hydrogen-bond donors (Lipinski definition) is 2. The number of carbonyl (C=O) groups excluding carboxylic acids is 2. The van der Waals surface area contributed by atoms with Gasteiger partial charge in [0, 0.05) is 25.4 Å². The minimum atomic E-state index is -0.618. The van der Waals surface area contributed by atoms with Gasteiger partial charge in [-0.05, 0) is 0 Å². The molecular weight excluding hydrogens is 332 g/mol.